The third-order valence-electron chi connectivity index (χ3n) is 3.17. The molecule has 0 radical (unpaired) electrons. The molecule has 0 amide bonds. The van der Waals surface area contributed by atoms with Crippen LogP contribution in [0.15, 0.2) is 53.0 Å². The van der Waals surface area contributed by atoms with Crippen LogP contribution in [0.4, 0.5) is 5.69 Å². The largest absolute Gasteiger partial charge is 0.494 e. The molecule has 2 rings (SSSR count). The first kappa shape index (κ1) is 14.9. The lowest BCUT2D eigenvalue weighted by Gasteiger charge is -2.19. The van der Waals surface area contributed by atoms with Gasteiger partial charge < -0.3 is 10.1 Å². The van der Waals surface area contributed by atoms with Crippen LogP contribution < -0.4 is 10.1 Å². The molecular formula is C17H20BrNO. The van der Waals surface area contributed by atoms with Crippen molar-refractivity contribution in [1.82, 2.24) is 0 Å². The predicted molar refractivity (Wildman–Crippen MR) is 88.4 cm³/mol. The number of rotatable bonds is 6. The van der Waals surface area contributed by atoms with E-state index in [4.69, 9.17) is 4.74 Å². The molecule has 1 N–H and O–H groups in total. The van der Waals surface area contributed by atoms with Crippen LogP contribution >= 0.6 is 15.9 Å². The van der Waals surface area contributed by atoms with Crippen LogP contribution in [0.3, 0.4) is 0 Å². The molecule has 0 heterocycles. The number of hydrogen-bond donors (Lipinski definition) is 1. The van der Waals surface area contributed by atoms with E-state index in [1.54, 1.807) is 0 Å². The van der Waals surface area contributed by atoms with Crippen molar-refractivity contribution in [3.05, 3.63) is 58.6 Å². The molecule has 3 heteroatoms. The molecule has 0 aliphatic carbocycles. The molecule has 0 fully saturated rings. The fourth-order valence-corrected chi connectivity index (χ4v) is 2.58. The summed E-state index contributed by atoms with van der Waals surface area (Å²) in [5.41, 5.74) is 2.40. The van der Waals surface area contributed by atoms with Crippen LogP contribution in [-0.4, -0.2) is 6.61 Å². The Morgan fingerprint density at radius 3 is 2.45 bits per heavy atom. The average Bonchev–Trinajstić information content (AvgIpc) is 2.47. The van der Waals surface area contributed by atoms with Crippen molar-refractivity contribution >= 4 is 21.6 Å². The minimum atomic E-state index is 0.311. The maximum Gasteiger partial charge on any atom is 0.119 e. The van der Waals surface area contributed by atoms with Gasteiger partial charge in [-0.1, -0.05) is 35.0 Å². The van der Waals surface area contributed by atoms with Gasteiger partial charge in [0, 0.05) is 10.2 Å². The number of anilines is 1. The van der Waals surface area contributed by atoms with Crippen molar-refractivity contribution in [1.29, 1.82) is 0 Å². The minimum absolute atomic E-state index is 0.311. The Bertz CT molecular complexity index is 539. The SMILES string of the molecule is CCOc1ccc(NC(CC)c2cccc(Br)c2)cc1. The number of hydrogen-bond acceptors (Lipinski definition) is 2. The van der Waals surface area contributed by atoms with Crippen molar-refractivity contribution < 1.29 is 4.74 Å². The molecule has 20 heavy (non-hydrogen) atoms. The fourth-order valence-electron chi connectivity index (χ4n) is 2.16. The van der Waals surface area contributed by atoms with Gasteiger partial charge in [-0.3, -0.25) is 0 Å². The summed E-state index contributed by atoms with van der Waals surface area (Å²) in [6, 6.07) is 16.9. The summed E-state index contributed by atoms with van der Waals surface area (Å²) in [6.45, 7) is 4.88. The summed E-state index contributed by atoms with van der Waals surface area (Å²) in [5, 5.41) is 3.57. The lowest BCUT2D eigenvalue weighted by Crippen LogP contribution is -2.09. The Balaban J connectivity index is 2.09. The van der Waals surface area contributed by atoms with Crippen LogP contribution in [0, 0.1) is 0 Å². The molecule has 0 bridgehead atoms. The Kier molecular flexibility index (Phi) is 5.48. The van der Waals surface area contributed by atoms with Gasteiger partial charge in [-0.15, -0.1) is 0 Å². The molecule has 0 spiro atoms. The highest BCUT2D eigenvalue weighted by Crippen LogP contribution is 2.26. The molecule has 2 aromatic carbocycles. The van der Waals surface area contributed by atoms with E-state index < -0.39 is 0 Å². The first-order valence-electron chi connectivity index (χ1n) is 6.97. The van der Waals surface area contributed by atoms with Crippen molar-refractivity contribution in [3.63, 3.8) is 0 Å². The maximum absolute atomic E-state index is 5.46. The molecule has 0 aliphatic rings. The smallest absolute Gasteiger partial charge is 0.119 e. The molecule has 106 valence electrons. The summed E-state index contributed by atoms with van der Waals surface area (Å²) in [4.78, 5) is 0. The van der Waals surface area contributed by atoms with Gasteiger partial charge in [0.05, 0.1) is 12.6 Å². The van der Waals surface area contributed by atoms with Gasteiger partial charge in [0.25, 0.3) is 0 Å². The predicted octanol–water partition coefficient (Wildman–Crippen LogP) is 5.41. The second-order valence-corrected chi connectivity index (χ2v) is 5.53. The molecule has 1 atom stereocenters. The third-order valence-corrected chi connectivity index (χ3v) is 3.66. The second-order valence-electron chi connectivity index (χ2n) is 4.62. The zero-order valence-electron chi connectivity index (χ0n) is 11.9. The molecule has 0 saturated carbocycles. The van der Waals surface area contributed by atoms with Crippen LogP contribution in [-0.2, 0) is 0 Å². The van der Waals surface area contributed by atoms with E-state index in [0.717, 1.165) is 22.3 Å². The standard InChI is InChI=1S/C17H20BrNO/c1-3-17(13-6-5-7-14(18)12-13)19-15-8-10-16(11-9-15)20-4-2/h5-12,17,19H,3-4H2,1-2H3. The first-order chi connectivity index (χ1) is 9.72. The first-order valence-corrected chi connectivity index (χ1v) is 7.77. The van der Waals surface area contributed by atoms with E-state index in [1.165, 1.54) is 5.56 Å². The maximum atomic E-state index is 5.46. The minimum Gasteiger partial charge on any atom is -0.494 e. The quantitative estimate of drug-likeness (QED) is 0.762. The van der Waals surface area contributed by atoms with Crippen LogP contribution in [0.1, 0.15) is 31.9 Å². The molecule has 2 nitrogen and oxygen atoms in total. The van der Waals surface area contributed by atoms with Crippen molar-refractivity contribution in [2.24, 2.45) is 0 Å². The summed E-state index contributed by atoms with van der Waals surface area (Å²) < 4.78 is 6.57. The number of ether oxygens (including phenoxy) is 1. The summed E-state index contributed by atoms with van der Waals surface area (Å²) >= 11 is 3.53. The van der Waals surface area contributed by atoms with E-state index >= 15 is 0 Å². The van der Waals surface area contributed by atoms with Crippen LogP contribution in [0.2, 0.25) is 0 Å². The van der Waals surface area contributed by atoms with Gasteiger partial charge in [0.1, 0.15) is 5.75 Å². The zero-order chi connectivity index (χ0) is 14.4. The Morgan fingerprint density at radius 2 is 1.85 bits per heavy atom. The lowest BCUT2D eigenvalue weighted by molar-refractivity contribution is 0.340. The van der Waals surface area contributed by atoms with Gasteiger partial charge in [0.15, 0.2) is 0 Å². The average molecular weight is 334 g/mol. The fraction of sp³-hybridized carbons (Fsp3) is 0.294. The summed E-state index contributed by atoms with van der Waals surface area (Å²) in [7, 11) is 0. The van der Waals surface area contributed by atoms with E-state index in [9.17, 15) is 0 Å². The number of benzene rings is 2. The van der Waals surface area contributed by atoms with Gasteiger partial charge in [0.2, 0.25) is 0 Å². The summed E-state index contributed by atoms with van der Waals surface area (Å²) in [6.07, 6.45) is 1.03. The highest BCUT2D eigenvalue weighted by molar-refractivity contribution is 9.10. The highest BCUT2D eigenvalue weighted by Gasteiger charge is 2.09. The second kappa shape index (κ2) is 7.34. The zero-order valence-corrected chi connectivity index (χ0v) is 13.5. The molecule has 1 unspecified atom stereocenters. The van der Waals surface area contributed by atoms with E-state index in [2.05, 4.69) is 58.5 Å². The molecule has 2 aromatic rings. The lowest BCUT2D eigenvalue weighted by atomic mass is 10.0. The van der Waals surface area contributed by atoms with Crippen molar-refractivity contribution in [2.75, 3.05) is 11.9 Å². The molecule has 0 aromatic heterocycles. The number of nitrogens with one attached hydrogen (secondary N) is 1. The van der Waals surface area contributed by atoms with Crippen molar-refractivity contribution in [2.45, 2.75) is 26.3 Å². The topological polar surface area (TPSA) is 21.3 Å². The Labute approximate surface area is 129 Å². The third kappa shape index (κ3) is 4.01. The van der Waals surface area contributed by atoms with E-state index in [-0.39, 0.29) is 0 Å². The van der Waals surface area contributed by atoms with Gasteiger partial charge in [-0.2, -0.15) is 0 Å². The molecule has 0 aliphatic heterocycles. The van der Waals surface area contributed by atoms with E-state index in [1.807, 2.05) is 25.1 Å². The Morgan fingerprint density at radius 1 is 1.10 bits per heavy atom. The molecular weight excluding hydrogens is 314 g/mol. The molecule has 0 saturated heterocycles. The highest BCUT2D eigenvalue weighted by atomic mass is 79.9. The summed E-state index contributed by atoms with van der Waals surface area (Å²) in [5.74, 6) is 0.911. The van der Waals surface area contributed by atoms with Gasteiger partial charge >= 0.3 is 0 Å². The van der Waals surface area contributed by atoms with Crippen LogP contribution in [0.25, 0.3) is 0 Å². The Hall–Kier alpha value is -1.48. The van der Waals surface area contributed by atoms with Crippen LogP contribution in [0.5, 0.6) is 5.75 Å². The van der Waals surface area contributed by atoms with E-state index in [0.29, 0.717) is 12.6 Å². The van der Waals surface area contributed by atoms with Gasteiger partial charge in [-0.25, -0.2) is 0 Å². The normalized spacial score (nSPS) is 11.9. The van der Waals surface area contributed by atoms with Gasteiger partial charge in [-0.05, 0) is 55.3 Å². The monoisotopic (exact) mass is 333 g/mol. The number of halogens is 1. The van der Waals surface area contributed by atoms with Crippen molar-refractivity contribution in [3.8, 4) is 5.75 Å².